The zero-order valence-corrected chi connectivity index (χ0v) is 11.2. The van der Waals surface area contributed by atoms with Crippen molar-refractivity contribution in [1.29, 1.82) is 0 Å². The molecule has 1 aliphatic heterocycles. The van der Waals surface area contributed by atoms with Crippen LogP contribution in [0.5, 0.6) is 0 Å². The van der Waals surface area contributed by atoms with E-state index >= 15 is 0 Å². The minimum absolute atomic E-state index is 0.561. The van der Waals surface area contributed by atoms with Gasteiger partial charge in [0.1, 0.15) is 0 Å². The van der Waals surface area contributed by atoms with E-state index in [9.17, 15) is 0 Å². The fourth-order valence-electron chi connectivity index (χ4n) is 2.84. The van der Waals surface area contributed by atoms with Crippen LogP contribution >= 0.6 is 0 Å². The molecule has 0 bridgehead atoms. The molecule has 2 atom stereocenters. The van der Waals surface area contributed by atoms with Crippen LogP contribution in [-0.2, 0) is 6.42 Å². The molecule has 0 spiro atoms. The van der Waals surface area contributed by atoms with E-state index in [1.165, 1.54) is 24.1 Å². The molecule has 94 valence electrons. The quantitative estimate of drug-likeness (QED) is 0.858. The lowest BCUT2D eigenvalue weighted by molar-refractivity contribution is 0.482. The zero-order valence-electron chi connectivity index (χ0n) is 11.2. The Morgan fingerprint density at radius 2 is 2.18 bits per heavy atom. The van der Waals surface area contributed by atoms with E-state index in [-0.39, 0.29) is 0 Å². The Morgan fingerprint density at radius 1 is 1.41 bits per heavy atom. The summed E-state index contributed by atoms with van der Waals surface area (Å²) in [6, 6.07) is 10.1. The fraction of sp³-hybridized carbons (Fsp3) is 0.600. The predicted molar refractivity (Wildman–Crippen MR) is 74.7 cm³/mol. The summed E-state index contributed by atoms with van der Waals surface area (Å²) in [5.74, 6) is 0. The first-order chi connectivity index (χ1) is 8.24. The first kappa shape index (κ1) is 12.4. The van der Waals surface area contributed by atoms with Crippen LogP contribution in [0, 0.1) is 0 Å². The molecule has 1 aromatic carbocycles. The van der Waals surface area contributed by atoms with E-state index in [4.69, 9.17) is 0 Å². The molecule has 1 aliphatic rings. The molecule has 1 heterocycles. The van der Waals surface area contributed by atoms with Crippen molar-refractivity contribution in [2.45, 2.75) is 45.7 Å². The van der Waals surface area contributed by atoms with E-state index in [0.29, 0.717) is 12.1 Å². The molecule has 0 amide bonds. The molecule has 1 N–H and O–H groups in total. The molecule has 1 aromatic rings. The summed E-state index contributed by atoms with van der Waals surface area (Å²) in [5, 5.41) is 3.46. The van der Waals surface area contributed by atoms with Crippen LogP contribution in [0.4, 0.5) is 5.69 Å². The van der Waals surface area contributed by atoms with E-state index in [0.717, 1.165) is 13.1 Å². The Morgan fingerprint density at radius 3 is 2.94 bits per heavy atom. The highest BCUT2D eigenvalue weighted by Crippen LogP contribution is 2.31. The third-order valence-electron chi connectivity index (χ3n) is 3.74. The molecule has 2 heteroatoms. The molecular formula is C15H24N2. The summed E-state index contributed by atoms with van der Waals surface area (Å²) in [4.78, 5) is 2.58. The number of nitrogens with zero attached hydrogens (tertiary/aromatic N) is 1. The summed E-state index contributed by atoms with van der Waals surface area (Å²) in [6.45, 7) is 8.95. The van der Waals surface area contributed by atoms with Gasteiger partial charge in [-0.25, -0.2) is 0 Å². The molecule has 0 radical (unpaired) electrons. The van der Waals surface area contributed by atoms with Gasteiger partial charge in [-0.15, -0.1) is 0 Å². The van der Waals surface area contributed by atoms with Crippen LogP contribution in [0.1, 0.15) is 32.8 Å². The smallest absolute Gasteiger partial charge is 0.0404 e. The molecule has 2 unspecified atom stereocenters. The number of anilines is 1. The third-order valence-corrected chi connectivity index (χ3v) is 3.74. The largest absolute Gasteiger partial charge is 0.365 e. The van der Waals surface area contributed by atoms with Gasteiger partial charge in [0.15, 0.2) is 0 Å². The van der Waals surface area contributed by atoms with Crippen LogP contribution in [0.3, 0.4) is 0 Å². The average Bonchev–Trinajstić information content (AvgIpc) is 2.35. The van der Waals surface area contributed by atoms with Gasteiger partial charge in [-0.1, -0.05) is 25.1 Å². The molecule has 2 rings (SSSR count). The molecule has 0 fully saturated rings. The van der Waals surface area contributed by atoms with Crippen molar-refractivity contribution in [1.82, 2.24) is 5.32 Å². The lowest BCUT2D eigenvalue weighted by Gasteiger charge is -2.41. The number of hydrogen-bond donors (Lipinski definition) is 1. The van der Waals surface area contributed by atoms with E-state index in [1.807, 2.05) is 0 Å². The highest BCUT2D eigenvalue weighted by Gasteiger charge is 2.26. The second-order valence-corrected chi connectivity index (χ2v) is 5.08. The van der Waals surface area contributed by atoms with Crippen LogP contribution in [-0.4, -0.2) is 25.2 Å². The number of fused-ring (bicyclic) bond motifs is 1. The van der Waals surface area contributed by atoms with E-state index in [2.05, 4.69) is 55.3 Å². The second kappa shape index (κ2) is 5.54. The summed E-state index contributed by atoms with van der Waals surface area (Å²) in [6.07, 6.45) is 2.50. The van der Waals surface area contributed by atoms with Gasteiger partial charge in [-0.05, 0) is 44.9 Å². The highest BCUT2D eigenvalue weighted by atomic mass is 15.2. The molecule has 0 aliphatic carbocycles. The summed E-state index contributed by atoms with van der Waals surface area (Å²) < 4.78 is 0. The number of benzene rings is 1. The van der Waals surface area contributed by atoms with Crippen molar-refractivity contribution in [3.05, 3.63) is 29.8 Å². The van der Waals surface area contributed by atoms with Gasteiger partial charge in [0.05, 0.1) is 0 Å². The van der Waals surface area contributed by atoms with Crippen molar-refractivity contribution in [3.63, 3.8) is 0 Å². The first-order valence-electron chi connectivity index (χ1n) is 6.81. The van der Waals surface area contributed by atoms with Gasteiger partial charge in [0.25, 0.3) is 0 Å². The SMILES string of the molecule is CCNCC(C)N1c2ccccc2CCC1C. The number of aryl methyl sites for hydroxylation is 1. The van der Waals surface area contributed by atoms with Crippen LogP contribution < -0.4 is 10.2 Å². The Kier molecular flexibility index (Phi) is 4.06. The third kappa shape index (κ3) is 2.63. The van der Waals surface area contributed by atoms with Crippen molar-refractivity contribution in [3.8, 4) is 0 Å². The molecular weight excluding hydrogens is 208 g/mol. The summed E-state index contributed by atoms with van der Waals surface area (Å²) in [5.41, 5.74) is 2.95. The van der Waals surface area contributed by atoms with E-state index < -0.39 is 0 Å². The van der Waals surface area contributed by atoms with Gasteiger partial charge in [-0.3, -0.25) is 0 Å². The lowest BCUT2D eigenvalue weighted by Crippen LogP contribution is -2.47. The Balaban J connectivity index is 2.20. The number of hydrogen-bond acceptors (Lipinski definition) is 2. The van der Waals surface area contributed by atoms with Gasteiger partial charge in [0.2, 0.25) is 0 Å². The van der Waals surface area contributed by atoms with Crippen LogP contribution in [0.25, 0.3) is 0 Å². The van der Waals surface area contributed by atoms with Gasteiger partial charge >= 0.3 is 0 Å². The monoisotopic (exact) mass is 232 g/mol. The van der Waals surface area contributed by atoms with Crippen molar-refractivity contribution >= 4 is 5.69 Å². The van der Waals surface area contributed by atoms with Crippen LogP contribution in [0.15, 0.2) is 24.3 Å². The molecule has 17 heavy (non-hydrogen) atoms. The maximum Gasteiger partial charge on any atom is 0.0404 e. The fourth-order valence-corrected chi connectivity index (χ4v) is 2.84. The highest BCUT2D eigenvalue weighted by molar-refractivity contribution is 5.57. The van der Waals surface area contributed by atoms with Crippen molar-refractivity contribution < 1.29 is 0 Å². The van der Waals surface area contributed by atoms with Crippen molar-refractivity contribution in [2.75, 3.05) is 18.0 Å². The van der Waals surface area contributed by atoms with Gasteiger partial charge < -0.3 is 10.2 Å². The lowest BCUT2D eigenvalue weighted by atomic mass is 9.95. The minimum atomic E-state index is 0.561. The Bertz CT molecular complexity index is 362. The number of nitrogens with one attached hydrogen (secondary N) is 1. The average molecular weight is 232 g/mol. The maximum absolute atomic E-state index is 3.46. The predicted octanol–water partition coefficient (Wildman–Crippen LogP) is 2.83. The van der Waals surface area contributed by atoms with E-state index in [1.54, 1.807) is 0 Å². The minimum Gasteiger partial charge on any atom is -0.365 e. The maximum atomic E-state index is 3.46. The topological polar surface area (TPSA) is 15.3 Å². The number of rotatable bonds is 4. The summed E-state index contributed by atoms with van der Waals surface area (Å²) in [7, 11) is 0. The second-order valence-electron chi connectivity index (χ2n) is 5.08. The number of para-hydroxylation sites is 1. The standard InChI is InChI=1S/C15H24N2/c1-4-16-11-13(3)17-12(2)9-10-14-7-5-6-8-15(14)17/h5-8,12-13,16H,4,9-11H2,1-3H3. The van der Waals surface area contributed by atoms with Crippen LogP contribution in [0.2, 0.25) is 0 Å². The Hall–Kier alpha value is -1.02. The first-order valence-corrected chi connectivity index (χ1v) is 6.81. The Labute approximate surface area is 105 Å². The normalized spacial score (nSPS) is 21.1. The van der Waals surface area contributed by atoms with Gasteiger partial charge in [0, 0.05) is 24.3 Å². The zero-order chi connectivity index (χ0) is 12.3. The number of likely N-dealkylation sites (N-methyl/N-ethyl adjacent to an activating group) is 1. The molecule has 2 nitrogen and oxygen atoms in total. The summed E-state index contributed by atoms with van der Waals surface area (Å²) >= 11 is 0. The molecule has 0 saturated carbocycles. The molecule has 0 saturated heterocycles. The van der Waals surface area contributed by atoms with Gasteiger partial charge in [-0.2, -0.15) is 0 Å². The van der Waals surface area contributed by atoms with Crippen molar-refractivity contribution in [2.24, 2.45) is 0 Å². The molecule has 0 aromatic heterocycles.